The monoisotopic (exact) mass is 261 g/mol. The molecule has 1 atom stereocenters. The maximum atomic E-state index is 12.2. The molecule has 0 unspecified atom stereocenters. The minimum Gasteiger partial charge on any atom is -0.341 e. The summed E-state index contributed by atoms with van der Waals surface area (Å²) < 4.78 is 0. The number of hydrogen-bond acceptors (Lipinski definition) is 3. The van der Waals surface area contributed by atoms with E-state index in [4.69, 9.17) is 0 Å². The van der Waals surface area contributed by atoms with E-state index in [0.717, 1.165) is 25.9 Å². The topological polar surface area (TPSA) is 62.3 Å². The smallest absolute Gasteiger partial charge is 0.252 e. The van der Waals surface area contributed by atoms with Crippen molar-refractivity contribution in [3.05, 3.63) is 30.1 Å². The predicted molar refractivity (Wildman–Crippen MR) is 71.6 cm³/mol. The van der Waals surface area contributed by atoms with Crippen molar-refractivity contribution >= 4 is 11.8 Å². The third-order valence-electron chi connectivity index (χ3n) is 3.33. The van der Waals surface area contributed by atoms with Crippen LogP contribution in [0.5, 0.6) is 0 Å². The molecule has 0 radical (unpaired) electrons. The molecular formula is C14H19N3O2. The molecular weight excluding hydrogens is 242 g/mol. The Morgan fingerprint density at radius 1 is 1.21 bits per heavy atom. The summed E-state index contributed by atoms with van der Waals surface area (Å²) in [6, 6.07) is 2.78. The molecule has 0 saturated carbocycles. The zero-order valence-electron chi connectivity index (χ0n) is 11.1. The van der Waals surface area contributed by atoms with Crippen molar-refractivity contribution in [2.24, 2.45) is 0 Å². The quantitative estimate of drug-likeness (QED) is 0.889. The molecule has 1 aliphatic rings. The van der Waals surface area contributed by atoms with E-state index < -0.39 is 6.04 Å². The largest absolute Gasteiger partial charge is 0.341 e. The van der Waals surface area contributed by atoms with Crippen LogP contribution in [0.15, 0.2) is 24.5 Å². The van der Waals surface area contributed by atoms with Gasteiger partial charge in [0, 0.05) is 31.0 Å². The lowest BCUT2D eigenvalue weighted by molar-refractivity contribution is -0.133. The molecule has 1 aromatic rings. The first-order valence-electron chi connectivity index (χ1n) is 6.68. The van der Waals surface area contributed by atoms with E-state index in [1.165, 1.54) is 6.42 Å². The Kier molecular flexibility index (Phi) is 4.49. The molecule has 5 nitrogen and oxygen atoms in total. The van der Waals surface area contributed by atoms with Crippen molar-refractivity contribution < 1.29 is 9.59 Å². The SMILES string of the molecule is C[C@H](NC(=O)c1ccncc1)C(=O)N1CCCCC1. The minimum atomic E-state index is -0.487. The standard InChI is InChI=1S/C14H19N3O2/c1-11(14(19)17-9-3-2-4-10-17)16-13(18)12-5-7-15-8-6-12/h5-8,11H,2-4,9-10H2,1H3,(H,16,18)/t11-/m0/s1. The van der Waals surface area contributed by atoms with E-state index in [0.29, 0.717) is 5.56 Å². The van der Waals surface area contributed by atoms with Crippen molar-refractivity contribution in [1.29, 1.82) is 0 Å². The molecule has 1 N–H and O–H groups in total. The highest BCUT2D eigenvalue weighted by Gasteiger charge is 2.23. The summed E-state index contributed by atoms with van der Waals surface area (Å²) in [7, 11) is 0. The molecule has 0 bridgehead atoms. The van der Waals surface area contributed by atoms with Crippen molar-refractivity contribution in [1.82, 2.24) is 15.2 Å². The van der Waals surface area contributed by atoms with Gasteiger partial charge in [-0.2, -0.15) is 0 Å². The van der Waals surface area contributed by atoms with Gasteiger partial charge in [-0.05, 0) is 38.3 Å². The number of nitrogens with zero attached hydrogens (tertiary/aromatic N) is 2. The second-order valence-electron chi connectivity index (χ2n) is 4.82. The third kappa shape index (κ3) is 3.53. The van der Waals surface area contributed by atoms with Crippen molar-refractivity contribution in [3.8, 4) is 0 Å². The number of hydrogen-bond donors (Lipinski definition) is 1. The second-order valence-corrected chi connectivity index (χ2v) is 4.82. The van der Waals surface area contributed by atoms with Gasteiger partial charge in [0.05, 0.1) is 0 Å². The van der Waals surface area contributed by atoms with Crippen molar-refractivity contribution in [2.45, 2.75) is 32.2 Å². The van der Waals surface area contributed by atoms with Gasteiger partial charge in [0.15, 0.2) is 0 Å². The maximum Gasteiger partial charge on any atom is 0.252 e. The van der Waals surface area contributed by atoms with E-state index in [-0.39, 0.29) is 11.8 Å². The Balaban J connectivity index is 1.91. The van der Waals surface area contributed by atoms with Crippen LogP contribution in [0, 0.1) is 0 Å². The number of aromatic nitrogens is 1. The van der Waals surface area contributed by atoms with Crippen LogP contribution in [0.1, 0.15) is 36.5 Å². The minimum absolute atomic E-state index is 0.00195. The summed E-state index contributed by atoms with van der Waals surface area (Å²) in [5, 5.41) is 2.74. The number of nitrogens with one attached hydrogen (secondary N) is 1. The zero-order valence-corrected chi connectivity index (χ0v) is 11.1. The van der Waals surface area contributed by atoms with Crippen LogP contribution in [0.2, 0.25) is 0 Å². The molecule has 1 aliphatic heterocycles. The summed E-state index contributed by atoms with van der Waals surface area (Å²) in [6.45, 7) is 3.33. The Morgan fingerprint density at radius 2 is 1.84 bits per heavy atom. The van der Waals surface area contributed by atoms with E-state index in [9.17, 15) is 9.59 Å². The van der Waals surface area contributed by atoms with Gasteiger partial charge in [0.25, 0.3) is 5.91 Å². The Morgan fingerprint density at radius 3 is 2.47 bits per heavy atom. The highest BCUT2D eigenvalue weighted by Crippen LogP contribution is 2.10. The first-order valence-corrected chi connectivity index (χ1v) is 6.68. The average Bonchev–Trinajstić information content (AvgIpc) is 2.48. The van der Waals surface area contributed by atoms with Gasteiger partial charge in [-0.15, -0.1) is 0 Å². The molecule has 0 aromatic carbocycles. The normalized spacial score (nSPS) is 16.8. The van der Waals surface area contributed by atoms with Gasteiger partial charge in [-0.25, -0.2) is 0 Å². The van der Waals surface area contributed by atoms with Crippen molar-refractivity contribution in [3.63, 3.8) is 0 Å². The summed E-state index contributed by atoms with van der Waals surface area (Å²) in [4.78, 5) is 29.8. The lowest BCUT2D eigenvalue weighted by atomic mass is 10.1. The summed E-state index contributed by atoms with van der Waals surface area (Å²) in [5.74, 6) is -0.234. The molecule has 5 heteroatoms. The number of carbonyl (C=O) groups excluding carboxylic acids is 2. The summed E-state index contributed by atoms with van der Waals surface area (Å²) >= 11 is 0. The van der Waals surface area contributed by atoms with Crippen LogP contribution in [-0.4, -0.2) is 40.8 Å². The lowest BCUT2D eigenvalue weighted by Gasteiger charge is -2.29. The van der Waals surface area contributed by atoms with Crippen LogP contribution in [0.3, 0.4) is 0 Å². The molecule has 1 aromatic heterocycles. The van der Waals surface area contributed by atoms with E-state index in [1.807, 2.05) is 4.90 Å². The molecule has 1 fully saturated rings. The Bertz CT molecular complexity index is 441. The van der Waals surface area contributed by atoms with Gasteiger partial charge >= 0.3 is 0 Å². The maximum absolute atomic E-state index is 12.2. The first-order chi connectivity index (χ1) is 9.18. The number of pyridine rings is 1. The van der Waals surface area contributed by atoms with Gasteiger partial charge in [-0.3, -0.25) is 14.6 Å². The molecule has 0 spiro atoms. The molecule has 1 saturated heterocycles. The molecule has 2 rings (SSSR count). The zero-order chi connectivity index (χ0) is 13.7. The molecule has 19 heavy (non-hydrogen) atoms. The van der Waals surface area contributed by atoms with E-state index in [2.05, 4.69) is 10.3 Å². The molecule has 2 heterocycles. The van der Waals surface area contributed by atoms with Gasteiger partial charge in [0.2, 0.25) is 5.91 Å². The highest BCUT2D eigenvalue weighted by molar-refractivity contribution is 5.97. The molecule has 102 valence electrons. The summed E-state index contributed by atoms with van der Waals surface area (Å²) in [5.41, 5.74) is 0.522. The average molecular weight is 261 g/mol. The Hall–Kier alpha value is -1.91. The van der Waals surface area contributed by atoms with E-state index in [1.54, 1.807) is 31.5 Å². The predicted octanol–water partition coefficient (Wildman–Crippen LogP) is 1.21. The van der Waals surface area contributed by atoms with Crippen molar-refractivity contribution in [2.75, 3.05) is 13.1 Å². The first kappa shape index (κ1) is 13.5. The fourth-order valence-electron chi connectivity index (χ4n) is 2.23. The van der Waals surface area contributed by atoms with E-state index >= 15 is 0 Å². The van der Waals surface area contributed by atoms with Crippen LogP contribution < -0.4 is 5.32 Å². The number of rotatable bonds is 3. The number of piperidine rings is 1. The fraction of sp³-hybridized carbons (Fsp3) is 0.500. The van der Waals surface area contributed by atoms with Gasteiger partial charge in [0.1, 0.15) is 6.04 Å². The van der Waals surface area contributed by atoms with Gasteiger partial charge in [-0.1, -0.05) is 0 Å². The molecule has 0 aliphatic carbocycles. The number of likely N-dealkylation sites (tertiary alicyclic amines) is 1. The highest BCUT2D eigenvalue weighted by atomic mass is 16.2. The third-order valence-corrected chi connectivity index (χ3v) is 3.33. The van der Waals surface area contributed by atoms with Crippen LogP contribution in [0.4, 0.5) is 0 Å². The number of carbonyl (C=O) groups is 2. The number of amides is 2. The van der Waals surface area contributed by atoms with Crippen LogP contribution >= 0.6 is 0 Å². The van der Waals surface area contributed by atoms with Crippen LogP contribution in [0.25, 0.3) is 0 Å². The second kappa shape index (κ2) is 6.31. The van der Waals surface area contributed by atoms with Crippen LogP contribution in [-0.2, 0) is 4.79 Å². The summed E-state index contributed by atoms with van der Waals surface area (Å²) in [6.07, 6.45) is 6.41. The molecule has 2 amide bonds. The van der Waals surface area contributed by atoms with Gasteiger partial charge < -0.3 is 10.2 Å². The lowest BCUT2D eigenvalue weighted by Crippen LogP contribution is -2.48. The fourth-order valence-corrected chi connectivity index (χ4v) is 2.23. The Labute approximate surface area is 113 Å².